The van der Waals surface area contributed by atoms with Gasteiger partial charge in [0.25, 0.3) is 0 Å². The van der Waals surface area contributed by atoms with Gasteiger partial charge in [-0.25, -0.2) is 13.2 Å². The Morgan fingerprint density at radius 3 is 1.02 bits per heavy atom. The van der Waals surface area contributed by atoms with E-state index in [1.165, 1.54) is 0 Å². The monoisotopic (exact) mass is 889 g/mol. The zero-order chi connectivity index (χ0) is 44.7. The molecule has 0 fully saturated rings. The Morgan fingerprint density at radius 1 is 0.444 bits per heavy atom. The molecule has 0 aromatic heterocycles. The highest BCUT2D eigenvalue weighted by atomic mass is 19.4. The molecule has 324 valence electrons. The van der Waals surface area contributed by atoms with Crippen LogP contribution in [0.3, 0.4) is 0 Å². The van der Waals surface area contributed by atoms with E-state index in [4.69, 9.17) is 0 Å². The molecule has 54 heavy (non-hydrogen) atoms. The van der Waals surface area contributed by atoms with Crippen molar-refractivity contribution in [3.05, 3.63) is 11.9 Å². The van der Waals surface area contributed by atoms with Crippen molar-refractivity contribution in [1.82, 2.24) is 5.12 Å². The zero-order valence-electron chi connectivity index (χ0n) is 23.9. The summed E-state index contributed by atoms with van der Waals surface area (Å²) in [5.74, 6) is -111. The molecule has 0 N–H and O–H groups in total. The number of rotatable bonds is 17. The minimum atomic E-state index is -9.40. The highest BCUT2D eigenvalue weighted by Gasteiger charge is 2.96. The molecule has 0 aliphatic carbocycles. The maximum Gasteiger partial charge on any atom is 0.460 e. The molecule has 0 saturated heterocycles. The van der Waals surface area contributed by atoms with Crippen molar-refractivity contribution in [2.45, 2.75) is 109 Å². The van der Waals surface area contributed by atoms with E-state index in [1.54, 1.807) is 0 Å². The van der Waals surface area contributed by atoms with Crippen LogP contribution in [0.25, 0.3) is 0 Å². The van der Waals surface area contributed by atoms with Gasteiger partial charge in [0, 0.05) is 0 Å². The predicted octanol–water partition coefficient (Wildman–Crippen LogP) is 11.8. The summed E-state index contributed by atoms with van der Waals surface area (Å²) in [4.78, 5) is 0. The number of halogens is 33. The molecule has 0 aliphatic rings. The van der Waals surface area contributed by atoms with E-state index in [-0.39, 0.29) is 6.92 Å². The fraction of sp³-hybridized carbons (Fsp3) is 0.900. The van der Waals surface area contributed by atoms with Crippen LogP contribution in [0.1, 0.15) is 13.3 Å². The SMILES string of the molecule is CCC(C=C(F)C(F)(F)C(F)(F)C(F)(F)C(F)(F)C(F)(F)C(F)(F)C(F)F)N(F)C(F)(F)C(F)(F)C(F)(F)C(F)(F)C(F)(F)C(F)(F)C(F)(F)C(F)(F)F. The average molecular weight is 889 g/mol. The van der Waals surface area contributed by atoms with Crippen molar-refractivity contribution in [3.63, 3.8) is 0 Å². The Hall–Kier alpha value is -2.61. The van der Waals surface area contributed by atoms with Gasteiger partial charge in [-0.05, 0) is 12.5 Å². The van der Waals surface area contributed by atoms with Crippen molar-refractivity contribution in [1.29, 1.82) is 0 Å². The molecule has 34 heteroatoms. The second-order valence-electron chi connectivity index (χ2n) is 10.1. The molecule has 0 amide bonds. The van der Waals surface area contributed by atoms with Crippen LogP contribution in [-0.4, -0.2) is 101 Å². The smallest absolute Gasteiger partial charge is 0.205 e. The molecule has 0 spiro atoms. The third kappa shape index (κ3) is 6.50. The van der Waals surface area contributed by atoms with Gasteiger partial charge in [-0.3, -0.25) is 0 Å². The fourth-order valence-corrected chi connectivity index (χ4v) is 3.20. The van der Waals surface area contributed by atoms with Gasteiger partial charge in [-0.1, -0.05) is 12.0 Å². The summed E-state index contributed by atoms with van der Waals surface area (Å²) in [6.07, 6.45) is -19.3. The molecular formula is C20H8F33N. The van der Waals surface area contributed by atoms with Crippen molar-refractivity contribution in [3.8, 4) is 0 Å². The number of nitrogens with zero attached hydrogens (tertiary/aromatic N) is 1. The topological polar surface area (TPSA) is 3.24 Å². The first-order chi connectivity index (χ1) is 22.9. The third-order valence-electron chi connectivity index (χ3n) is 6.59. The van der Waals surface area contributed by atoms with Gasteiger partial charge in [0.1, 0.15) is 0 Å². The summed E-state index contributed by atoms with van der Waals surface area (Å²) in [5, 5.41) is -3.87. The Labute approximate surface area is 272 Å². The van der Waals surface area contributed by atoms with Crippen LogP contribution < -0.4 is 0 Å². The van der Waals surface area contributed by atoms with E-state index in [0.717, 1.165) is 0 Å². The van der Waals surface area contributed by atoms with Crippen molar-refractivity contribution in [2.75, 3.05) is 0 Å². The van der Waals surface area contributed by atoms with Gasteiger partial charge in [-0.15, -0.1) is 4.48 Å². The molecule has 0 saturated carbocycles. The summed E-state index contributed by atoms with van der Waals surface area (Å²) in [7, 11) is 0. The molecule has 0 aromatic carbocycles. The van der Waals surface area contributed by atoms with Gasteiger partial charge in [0.15, 0.2) is 5.83 Å². The van der Waals surface area contributed by atoms with E-state index in [2.05, 4.69) is 0 Å². The van der Waals surface area contributed by atoms with Gasteiger partial charge in [0.2, 0.25) is 0 Å². The van der Waals surface area contributed by atoms with Gasteiger partial charge in [0.05, 0.1) is 6.04 Å². The van der Waals surface area contributed by atoms with Crippen molar-refractivity contribution in [2.24, 2.45) is 0 Å². The number of hydrogen-bond donors (Lipinski definition) is 0. The lowest BCUT2D eigenvalue weighted by molar-refractivity contribution is -0.474. The molecule has 0 heterocycles. The fourth-order valence-electron chi connectivity index (χ4n) is 3.20. The van der Waals surface area contributed by atoms with Crippen LogP contribution in [0, 0.1) is 0 Å². The Bertz CT molecular complexity index is 1350. The van der Waals surface area contributed by atoms with E-state index in [9.17, 15) is 145 Å². The summed E-state index contributed by atoms with van der Waals surface area (Å²) >= 11 is 0. The maximum absolute atomic E-state index is 14.2. The molecule has 0 rings (SSSR count). The second-order valence-corrected chi connectivity index (χ2v) is 10.1. The summed E-state index contributed by atoms with van der Waals surface area (Å²) in [6.45, 7) is -0.290. The highest BCUT2D eigenvalue weighted by Crippen LogP contribution is 2.65. The van der Waals surface area contributed by atoms with Crippen LogP contribution >= 0.6 is 0 Å². The molecule has 0 bridgehead atoms. The van der Waals surface area contributed by atoms with Gasteiger partial charge >= 0.3 is 89.7 Å². The quantitative estimate of drug-likeness (QED) is 0.0799. The molecule has 0 aromatic rings. The van der Waals surface area contributed by atoms with E-state index in [0.29, 0.717) is 0 Å². The second kappa shape index (κ2) is 13.5. The highest BCUT2D eigenvalue weighted by molar-refractivity contribution is 5.21. The third-order valence-corrected chi connectivity index (χ3v) is 6.59. The molecule has 1 atom stereocenters. The minimum Gasteiger partial charge on any atom is -0.205 e. The number of allylic oxidation sites excluding steroid dienone is 1. The lowest BCUT2D eigenvalue weighted by Gasteiger charge is -2.43. The summed E-state index contributed by atoms with van der Waals surface area (Å²) in [6, 6.07) is -13.2. The lowest BCUT2D eigenvalue weighted by atomic mass is 9.90. The lowest BCUT2D eigenvalue weighted by Crippen LogP contribution is -2.75. The average Bonchev–Trinajstić information content (AvgIpc) is 2.97. The minimum absolute atomic E-state index is 0.290. The first-order valence-corrected chi connectivity index (χ1v) is 12.0. The molecule has 0 aliphatic heterocycles. The Morgan fingerprint density at radius 2 is 0.722 bits per heavy atom. The molecular weight excluding hydrogens is 881 g/mol. The van der Waals surface area contributed by atoms with Crippen LogP contribution in [-0.2, 0) is 0 Å². The summed E-state index contributed by atoms with van der Waals surface area (Å²) < 4.78 is 441. The number of hydrogen-bond acceptors (Lipinski definition) is 1. The van der Waals surface area contributed by atoms with Crippen molar-refractivity contribution < 1.29 is 145 Å². The number of alkyl halides is 31. The maximum atomic E-state index is 14.2. The normalized spacial score (nSPS) is 17.5. The standard InChI is InChI=1S/C20H8F33N/c1-2-4(3-5(21)7(24,25)9(28,29)11(32,33)12(34,35)10(30,31)8(26,27)6(22)23)54(53)20(51,52)18(46,47)16(42,43)14(38,39)13(36,37)15(40,41)17(44,45)19(48,49)50/h3-4,6H,2H2,1H3. The van der Waals surface area contributed by atoms with Crippen molar-refractivity contribution >= 4 is 0 Å². The van der Waals surface area contributed by atoms with Crippen LogP contribution in [0.2, 0.25) is 0 Å². The van der Waals surface area contributed by atoms with E-state index >= 15 is 0 Å². The summed E-state index contributed by atoms with van der Waals surface area (Å²) in [5.41, 5.74) is 0. The first-order valence-electron chi connectivity index (χ1n) is 12.0. The zero-order valence-corrected chi connectivity index (χ0v) is 23.9. The van der Waals surface area contributed by atoms with Crippen LogP contribution in [0.4, 0.5) is 145 Å². The van der Waals surface area contributed by atoms with E-state index in [1.807, 2.05) is 0 Å². The first kappa shape index (κ1) is 51.4. The Kier molecular flexibility index (Phi) is 12.9. The largest absolute Gasteiger partial charge is 0.460 e. The van der Waals surface area contributed by atoms with Crippen LogP contribution in [0.5, 0.6) is 0 Å². The van der Waals surface area contributed by atoms with E-state index < -0.39 is 119 Å². The van der Waals surface area contributed by atoms with Gasteiger partial charge < -0.3 is 0 Å². The molecule has 0 radical (unpaired) electrons. The van der Waals surface area contributed by atoms with Gasteiger partial charge in [-0.2, -0.15) is 127 Å². The molecule has 1 nitrogen and oxygen atoms in total. The van der Waals surface area contributed by atoms with Crippen LogP contribution in [0.15, 0.2) is 11.9 Å². The predicted molar refractivity (Wildman–Crippen MR) is 103 cm³/mol. The molecule has 1 unspecified atom stereocenters. The Balaban J connectivity index is 7.33.